The van der Waals surface area contributed by atoms with Gasteiger partial charge in [0.05, 0.1) is 6.61 Å². The van der Waals surface area contributed by atoms with E-state index in [0.29, 0.717) is 13.2 Å². The zero-order valence-electron chi connectivity index (χ0n) is 12.7. The van der Waals surface area contributed by atoms with Gasteiger partial charge in [0.25, 0.3) is 0 Å². The Labute approximate surface area is 126 Å². The molecule has 21 heavy (non-hydrogen) atoms. The molecule has 0 bridgehead atoms. The molecular weight excluding hydrogens is 271 g/mol. The lowest BCUT2D eigenvalue weighted by Gasteiger charge is -2.07. The Balaban J connectivity index is 1.93. The fraction of sp³-hybridized carbons (Fsp3) is 0.647. The van der Waals surface area contributed by atoms with Crippen LogP contribution >= 0.6 is 0 Å². The molecule has 0 aromatic heterocycles. The number of halogens is 1. The molecule has 0 spiro atoms. The third kappa shape index (κ3) is 8.56. The molecule has 0 heterocycles. The number of aromatic hydroxyl groups is 1. The number of hydrogen-bond acceptors (Lipinski definition) is 3. The molecule has 3 nitrogen and oxygen atoms in total. The lowest BCUT2D eigenvalue weighted by atomic mass is 10.1. The van der Waals surface area contributed by atoms with E-state index in [0.717, 1.165) is 31.7 Å². The number of rotatable bonds is 12. The normalized spacial score (nSPS) is 10.8. The van der Waals surface area contributed by atoms with E-state index in [1.807, 2.05) is 0 Å². The van der Waals surface area contributed by atoms with E-state index >= 15 is 0 Å². The summed E-state index contributed by atoms with van der Waals surface area (Å²) in [5, 5.41) is 17.7. The van der Waals surface area contributed by atoms with Gasteiger partial charge in [0.1, 0.15) is 5.75 Å². The van der Waals surface area contributed by atoms with Gasteiger partial charge in [-0.15, -0.1) is 0 Å². The molecule has 2 N–H and O–H groups in total. The summed E-state index contributed by atoms with van der Waals surface area (Å²) in [7, 11) is 0. The van der Waals surface area contributed by atoms with Crippen LogP contribution in [0, 0.1) is 5.82 Å². The first kappa shape index (κ1) is 17.8. The van der Waals surface area contributed by atoms with E-state index in [-0.39, 0.29) is 11.5 Å². The number of ether oxygens (including phenoxy) is 1. The van der Waals surface area contributed by atoms with Gasteiger partial charge in [-0.2, -0.15) is 0 Å². The molecule has 4 heteroatoms. The van der Waals surface area contributed by atoms with Gasteiger partial charge < -0.3 is 14.9 Å². The molecular formula is C17H27FO3. The smallest absolute Gasteiger partial charge is 0.168 e. The van der Waals surface area contributed by atoms with Gasteiger partial charge in [0, 0.05) is 12.7 Å². The summed E-state index contributed by atoms with van der Waals surface area (Å²) in [5.74, 6) is -0.395. The fourth-order valence-electron chi connectivity index (χ4n) is 2.24. The highest BCUT2D eigenvalue weighted by atomic mass is 19.1. The second kappa shape index (κ2) is 11.4. The molecule has 1 aromatic carbocycles. The molecule has 0 amide bonds. The summed E-state index contributed by atoms with van der Waals surface area (Å²) < 4.78 is 18.7. The van der Waals surface area contributed by atoms with Crippen LogP contribution in [-0.4, -0.2) is 23.4 Å². The van der Waals surface area contributed by atoms with Crippen molar-refractivity contribution in [2.45, 2.75) is 57.8 Å². The molecule has 0 radical (unpaired) electrons. The molecule has 0 aliphatic carbocycles. The largest absolute Gasteiger partial charge is 0.508 e. The van der Waals surface area contributed by atoms with Crippen LogP contribution in [0.25, 0.3) is 0 Å². The molecule has 0 atom stereocenters. The van der Waals surface area contributed by atoms with Crippen LogP contribution in [0.2, 0.25) is 0 Å². The fourth-order valence-corrected chi connectivity index (χ4v) is 2.24. The molecule has 1 rings (SSSR count). The van der Waals surface area contributed by atoms with Crippen molar-refractivity contribution in [2.75, 3.05) is 13.2 Å². The van der Waals surface area contributed by atoms with Gasteiger partial charge in [0.15, 0.2) is 11.6 Å². The van der Waals surface area contributed by atoms with Gasteiger partial charge in [-0.25, -0.2) is 4.39 Å². The van der Waals surface area contributed by atoms with Crippen LogP contribution in [0.1, 0.15) is 57.8 Å². The maximum atomic E-state index is 13.4. The molecule has 1 aromatic rings. The number of phenols is 1. The van der Waals surface area contributed by atoms with E-state index in [4.69, 9.17) is 14.9 Å². The van der Waals surface area contributed by atoms with Crippen LogP contribution in [0.15, 0.2) is 18.2 Å². The molecule has 0 unspecified atom stereocenters. The summed E-state index contributed by atoms with van der Waals surface area (Å²) in [5.41, 5.74) is 0. The highest BCUT2D eigenvalue weighted by Gasteiger charge is 2.03. The Morgan fingerprint density at radius 2 is 1.43 bits per heavy atom. The third-order valence-electron chi connectivity index (χ3n) is 3.48. The van der Waals surface area contributed by atoms with Crippen LogP contribution in [0.3, 0.4) is 0 Å². The van der Waals surface area contributed by atoms with E-state index in [2.05, 4.69) is 0 Å². The summed E-state index contributed by atoms with van der Waals surface area (Å²) in [6.07, 6.45) is 10.2. The number of hydrogen-bond donors (Lipinski definition) is 2. The molecule has 0 fully saturated rings. The van der Waals surface area contributed by atoms with Crippen molar-refractivity contribution in [3.8, 4) is 11.5 Å². The number of unbranched alkanes of at least 4 members (excludes halogenated alkanes) is 8. The number of aliphatic hydroxyl groups excluding tert-OH is 1. The first-order valence-electron chi connectivity index (χ1n) is 7.96. The SMILES string of the molecule is OCCCCCCCCCCCOc1ccc(O)cc1F. The van der Waals surface area contributed by atoms with Gasteiger partial charge in [-0.05, 0) is 25.0 Å². The monoisotopic (exact) mass is 298 g/mol. The minimum Gasteiger partial charge on any atom is -0.508 e. The Hall–Kier alpha value is -1.29. The predicted molar refractivity (Wildman–Crippen MR) is 82.2 cm³/mol. The number of aliphatic hydroxyl groups is 1. The van der Waals surface area contributed by atoms with Crippen molar-refractivity contribution in [3.05, 3.63) is 24.0 Å². The van der Waals surface area contributed by atoms with Crippen molar-refractivity contribution in [3.63, 3.8) is 0 Å². The molecule has 0 saturated carbocycles. The van der Waals surface area contributed by atoms with Crippen molar-refractivity contribution < 1.29 is 19.3 Å². The Morgan fingerprint density at radius 1 is 0.857 bits per heavy atom. The zero-order chi connectivity index (χ0) is 15.3. The van der Waals surface area contributed by atoms with E-state index in [9.17, 15) is 4.39 Å². The molecule has 0 aliphatic heterocycles. The van der Waals surface area contributed by atoms with Gasteiger partial charge in [0.2, 0.25) is 0 Å². The predicted octanol–water partition coefficient (Wildman–Crippen LogP) is 4.41. The lowest BCUT2D eigenvalue weighted by Crippen LogP contribution is -1.99. The Kier molecular flexibility index (Phi) is 9.62. The summed E-state index contributed by atoms with van der Waals surface area (Å²) in [6.45, 7) is 0.819. The number of phenolic OH excluding ortho intramolecular Hbond substituents is 1. The van der Waals surface area contributed by atoms with Crippen LogP contribution < -0.4 is 4.74 Å². The minimum absolute atomic E-state index is 0.0844. The summed E-state index contributed by atoms with van der Waals surface area (Å²) >= 11 is 0. The van der Waals surface area contributed by atoms with E-state index in [1.54, 1.807) is 0 Å². The highest BCUT2D eigenvalue weighted by molar-refractivity contribution is 5.31. The second-order valence-corrected chi connectivity index (χ2v) is 5.37. The Morgan fingerprint density at radius 3 is 2.00 bits per heavy atom. The second-order valence-electron chi connectivity index (χ2n) is 5.37. The zero-order valence-corrected chi connectivity index (χ0v) is 12.7. The van der Waals surface area contributed by atoms with Crippen molar-refractivity contribution in [1.82, 2.24) is 0 Å². The third-order valence-corrected chi connectivity index (χ3v) is 3.48. The molecule has 0 aliphatic rings. The Bertz CT molecular complexity index is 382. The van der Waals surface area contributed by atoms with Crippen molar-refractivity contribution >= 4 is 0 Å². The van der Waals surface area contributed by atoms with Gasteiger partial charge in [-0.1, -0.05) is 44.9 Å². The average Bonchev–Trinajstić information content (AvgIpc) is 2.46. The maximum absolute atomic E-state index is 13.4. The number of benzene rings is 1. The molecule has 0 saturated heterocycles. The average molecular weight is 298 g/mol. The van der Waals surface area contributed by atoms with Gasteiger partial charge >= 0.3 is 0 Å². The standard InChI is InChI=1S/C17H27FO3/c18-16-14-15(20)10-11-17(16)21-13-9-7-5-3-1-2-4-6-8-12-19/h10-11,14,19-20H,1-9,12-13H2. The lowest BCUT2D eigenvalue weighted by molar-refractivity contribution is 0.282. The summed E-state index contributed by atoms with van der Waals surface area (Å²) in [6, 6.07) is 3.94. The van der Waals surface area contributed by atoms with Crippen LogP contribution in [0.4, 0.5) is 4.39 Å². The van der Waals surface area contributed by atoms with E-state index in [1.165, 1.54) is 44.2 Å². The van der Waals surface area contributed by atoms with Crippen LogP contribution in [-0.2, 0) is 0 Å². The first-order chi connectivity index (χ1) is 10.2. The van der Waals surface area contributed by atoms with E-state index < -0.39 is 5.82 Å². The quantitative estimate of drug-likeness (QED) is 0.562. The maximum Gasteiger partial charge on any atom is 0.168 e. The first-order valence-corrected chi connectivity index (χ1v) is 7.96. The van der Waals surface area contributed by atoms with Crippen molar-refractivity contribution in [1.29, 1.82) is 0 Å². The van der Waals surface area contributed by atoms with Gasteiger partial charge in [-0.3, -0.25) is 0 Å². The topological polar surface area (TPSA) is 49.7 Å². The van der Waals surface area contributed by atoms with Crippen molar-refractivity contribution in [2.24, 2.45) is 0 Å². The summed E-state index contributed by atoms with van der Waals surface area (Å²) in [4.78, 5) is 0. The molecule has 120 valence electrons. The van der Waals surface area contributed by atoms with Crippen LogP contribution in [0.5, 0.6) is 11.5 Å². The minimum atomic E-state index is -0.516. The highest BCUT2D eigenvalue weighted by Crippen LogP contribution is 2.21.